The molecule has 1 aromatic carbocycles. The Hall–Kier alpha value is -1.99. The van der Waals surface area contributed by atoms with E-state index < -0.39 is 11.6 Å². The van der Waals surface area contributed by atoms with Crippen LogP contribution in [-0.2, 0) is 20.9 Å². The van der Waals surface area contributed by atoms with Crippen molar-refractivity contribution in [3.63, 3.8) is 0 Å². The lowest BCUT2D eigenvalue weighted by atomic mass is 9.91. The Morgan fingerprint density at radius 3 is 2.78 bits per heavy atom. The molecule has 1 fully saturated rings. The van der Waals surface area contributed by atoms with Gasteiger partial charge in [-0.1, -0.05) is 12.1 Å². The van der Waals surface area contributed by atoms with Gasteiger partial charge in [0.25, 0.3) is 5.91 Å². The average Bonchev–Trinajstić information content (AvgIpc) is 2.54. The Morgan fingerprint density at radius 2 is 2.13 bits per heavy atom. The van der Waals surface area contributed by atoms with Crippen molar-refractivity contribution in [2.75, 3.05) is 26.7 Å². The molecule has 0 spiro atoms. The first-order valence-corrected chi connectivity index (χ1v) is 7.48. The quantitative estimate of drug-likeness (QED) is 0.743. The van der Waals surface area contributed by atoms with Gasteiger partial charge in [0.05, 0.1) is 13.7 Å². The summed E-state index contributed by atoms with van der Waals surface area (Å²) in [7, 11) is 1.27. The fraction of sp³-hybridized carbons (Fsp3) is 0.500. The monoisotopic (exact) mass is 324 g/mol. The molecule has 1 heterocycles. The van der Waals surface area contributed by atoms with Gasteiger partial charge in [0.15, 0.2) is 5.60 Å². The normalized spacial score (nSPS) is 21.3. The highest BCUT2D eigenvalue weighted by Crippen LogP contribution is 2.23. The van der Waals surface area contributed by atoms with Crippen molar-refractivity contribution in [1.29, 1.82) is 0 Å². The van der Waals surface area contributed by atoms with Crippen LogP contribution >= 0.6 is 0 Å². The zero-order valence-electron chi connectivity index (χ0n) is 13.0. The van der Waals surface area contributed by atoms with Crippen molar-refractivity contribution in [3.8, 4) is 0 Å². The highest BCUT2D eigenvalue weighted by molar-refractivity contribution is 5.86. The highest BCUT2D eigenvalue weighted by Gasteiger charge is 2.41. The summed E-state index contributed by atoms with van der Waals surface area (Å²) in [6, 6.07) is 5.92. The van der Waals surface area contributed by atoms with Gasteiger partial charge in [-0.2, -0.15) is 0 Å². The van der Waals surface area contributed by atoms with Crippen molar-refractivity contribution in [2.24, 2.45) is 0 Å². The first-order chi connectivity index (χ1) is 10.9. The number of hydrogen-bond donors (Lipinski definition) is 2. The van der Waals surface area contributed by atoms with Gasteiger partial charge in [-0.05, 0) is 30.5 Å². The lowest BCUT2D eigenvalue weighted by molar-refractivity contribution is -0.157. The second-order valence-electron chi connectivity index (χ2n) is 5.67. The number of ether oxygens (including phenoxy) is 1. The molecule has 1 aliphatic rings. The van der Waals surface area contributed by atoms with Crippen LogP contribution in [-0.4, -0.2) is 54.2 Å². The molecule has 23 heavy (non-hydrogen) atoms. The number of methoxy groups -OCH3 is 1. The minimum Gasteiger partial charge on any atom is -0.468 e. The van der Waals surface area contributed by atoms with E-state index in [-0.39, 0.29) is 24.8 Å². The molecule has 0 bridgehead atoms. The van der Waals surface area contributed by atoms with Crippen molar-refractivity contribution < 1.29 is 23.8 Å². The molecule has 0 aliphatic carbocycles. The molecule has 6 nitrogen and oxygen atoms in total. The molecular weight excluding hydrogens is 303 g/mol. The minimum atomic E-state index is -1.54. The largest absolute Gasteiger partial charge is 0.468 e. The predicted octanol–water partition coefficient (Wildman–Crippen LogP) is 0.442. The number of rotatable bonds is 6. The van der Waals surface area contributed by atoms with Crippen molar-refractivity contribution in [1.82, 2.24) is 10.2 Å². The molecule has 0 aromatic heterocycles. The first kappa shape index (κ1) is 17.4. The summed E-state index contributed by atoms with van der Waals surface area (Å²) in [5, 5.41) is 13.3. The van der Waals surface area contributed by atoms with E-state index in [9.17, 15) is 19.1 Å². The van der Waals surface area contributed by atoms with E-state index in [2.05, 4.69) is 10.1 Å². The number of benzene rings is 1. The van der Waals surface area contributed by atoms with Crippen LogP contribution in [0, 0.1) is 5.82 Å². The zero-order valence-corrected chi connectivity index (χ0v) is 13.0. The Labute approximate surface area is 134 Å². The maximum atomic E-state index is 12.9. The number of likely N-dealkylation sites (tertiary alicyclic amines) is 1. The number of piperidine rings is 1. The maximum Gasteiger partial charge on any atom is 0.319 e. The van der Waals surface area contributed by atoms with Crippen LogP contribution in [0.1, 0.15) is 18.4 Å². The summed E-state index contributed by atoms with van der Waals surface area (Å²) in [6.07, 6.45) is 0.989. The lowest BCUT2D eigenvalue weighted by Gasteiger charge is -2.38. The lowest BCUT2D eigenvalue weighted by Crippen LogP contribution is -2.58. The summed E-state index contributed by atoms with van der Waals surface area (Å²) in [6.45, 7) is 0.777. The molecule has 126 valence electrons. The van der Waals surface area contributed by atoms with E-state index in [0.29, 0.717) is 25.9 Å². The number of esters is 1. The summed E-state index contributed by atoms with van der Waals surface area (Å²) >= 11 is 0. The number of hydrogen-bond acceptors (Lipinski definition) is 5. The minimum absolute atomic E-state index is 0.0130. The van der Waals surface area contributed by atoms with Gasteiger partial charge in [0.1, 0.15) is 5.82 Å². The van der Waals surface area contributed by atoms with E-state index in [1.807, 2.05) is 0 Å². The molecule has 1 atom stereocenters. The molecule has 0 radical (unpaired) electrons. The van der Waals surface area contributed by atoms with Gasteiger partial charge in [-0.15, -0.1) is 0 Å². The van der Waals surface area contributed by atoms with Gasteiger partial charge in [-0.3, -0.25) is 9.59 Å². The Balaban J connectivity index is 1.96. The zero-order chi connectivity index (χ0) is 16.9. The van der Waals surface area contributed by atoms with Crippen molar-refractivity contribution in [2.45, 2.75) is 25.0 Å². The molecule has 2 N–H and O–H groups in total. The third-order valence-electron chi connectivity index (χ3n) is 3.90. The number of amides is 1. The van der Waals surface area contributed by atoms with E-state index in [0.717, 1.165) is 5.56 Å². The summed E-state index contributed by atoms with van der Waals surface area (Å²) in [5.41, 5.74) is -0.738. The van der Waals surface area contributed by atoms with E-state index in [1.165, 1.54) is 19.2 Å². The number of aliphatic hydroxyl groups is 1. The van der Waals surface area contributed by atoms with Gasteiger partial charge >= 0.3 is 5.97 Å². The molecule has 1 aliphatic heterocycles. The van der Waals surface area contributed by atoms with Crippen LogP contribution in [0.15, 0.2) is 24.3 Å². The second-order valence-corrected chi connectivity index (χ2v) is 5.67. The predicted molar refractivity (Wildman–Crippen MR) is 80.9 cm³/mol. The Morgan fingerprint density at radius 1 is 1.43 bits per heavy atom. The summed E-state index contributed by atoms with van der Waals surface area (Å²) in [5.74, 6) is -1.17. The average molecular weight is 324 g/mol. The fourth-order valence-electron chi connectivity index (χ4n) is 2.63. The van der Waals surface area contributed by atoms with Crippen LogP contribution in [0.4, 0.5) is 4.39 Å². The first-order valence-electron chi connectivity index (χ1n) is 7.48. The molecule has 1 aromatic rings. The molecule has 1 amide bonds. The second kappa shape index (κ2) is 7.52. The molecule has 0 saturated carbocycles. The molecule has 1 saturated heterocycles. The Bertz CT molecular complexity index is 564. The maximum absolute atomic E-state index is 12.9. The van der Waals surface area contributed by atoms with Gasteiger partial charge < -0.3 is 20.1 Å². The number of carbonyl (C=O) groups is 2. The highest BCUT2D eigenvalue weighted by atomic mass is 19.1. The van der Waals surface area contributed by atoms with Gasteiger partial charge in [-0.25, -0.2) is 4.39 Å². The number of carbonyl (C=O) groups excluding carboxylic acids is 2. The smallest absolute Gasteiger partial charge is 0.319 e. The third kappa shape index (κ3) is 4.49. The van der Waals surface area contributed by atoms with Crippen LogP contribution in [0.2, 0.25) is 0 Å². The molecular formula is C16H21FN2O4. The van der Waals surface area contributed by atoms with Crippen LogP contribution < -0.4 is 5.32 Å². The number of halogens is 1. The van der Waals surface area contributed by atoms with Crippen LogP contribution in [0.3, 0.4) is 0 Å². The van der Waals surface area contributed by atoms with Crippen LogP contribution in [0.5, 0.6) is 0 Å². The van der Waals surface area contributed by atoms with Crippen molar-refractivity contribution >= 4 is 11.9 Å². The number of nitrogens with zero attached hydrogens (tertiary/aromatic N) is 1. The standard InChI is InChI=1S/C16H21FN2O4/c1-23-14(20)9-18-11-16(22)7-2-8-19(15(16)21)10-12-3-5-13(17)6-4-12/h3-6,18,22H,2,7-11H2,1H3/t16-/m1/s1. The van der Waals surface area contributed by atoms with E-state index in [4.69, 9.17) is 0 Å². The molecule has 2 rings (SSSR count). The van der Waals surface area contributed by atoms with Gasteiger partial charge in [0.2, 0.25) is 0 Å². The third-order valence-corrected chi connectivity index (χ3v) is 3.90. The van der Waals surface area contributed by atoms with Gasteiger partial charge in [0, 0.05) is 19.6 Å². The van der Waals surface area contributed by atoms with Crippen molar-refractivity contribution in [3.05, 3.63) is 35.6 Å². The van der Waals surface area contributed by atoms with E-state index in [1.54, 1.807) is 17.0 Å². The molecule has 0 unspecified atom stereocenters. The summed E-state index contributed by atoms with van der Waals surface area (Å²) < 4.78 is 17.4. The summed E-state index contributed by atoms with van der Waals surface area (Å²) in [4.78, 5) is 25.1. The number of nitrogens with one attached hydrogen (secondary N) is 1. The molecule has 7 heteroatoms. The topological polar surface area (TPSA) is 78.9 Å². The van der Waals surface area contributed by atoms with Crippen LogP contribution in [0.25, 0.3) is 0 Å². The SMILES string of the molecule is COC(=O)CNC[C@]1(O)CCCN(Cc2ccc(F)cc2)C1=O. The fourth-order valence-corrected chi connectivity index (χ4v) is 2.63. The Kier molecular flexibility index (Phi) is 5.68. The van der Waals surface area contributed by atoms with E-state index >= 15 is 0 Å².